The van der Waals surface area contributed by atoms with Gasteiger partial charge in [0.15, 0.2) is 23.2 Å². The number of aliphatic hydroxyl groups is 2. The van der Waals surface area contributed by atoms with Crippen molar-refractivity contribution in [3.63, 3.8) is 0 Å². The van der Waals surface area contributed by atoms with Crippen LogP contribution in [0.1, 0.15) is 52.3 Å². The van der Waals surface area contributed by atoms with Crippen LogP contribution >= 0.6 is 0 Å². The standard InChI is InChI=1S/C25H31F2N5O3/c1-14(2)29-23-24(31-20-13-28-19(12-18(20)30-23)22(33)25(3,4)34)32-9-7-16(8-10-32)35-21-11-15(26)5-6-17(21)27/h5-6,11-14,16,22,33-34H,7-10H2,1-4H3,(H,29,30). The van der Waals surface area contributed by atoms with Gasteiger partial charge in [-0.1, -0.05) is 0 Å². The van der Waals surface area contributed by atoms with Crippen molar-refractivity contribution in [2.45, 2.75) is 64.4 Å². The molecule has 1 saturated heterocycles. The molecule has 3 aromatic rings. The molecule has 1 aliphatic heterocycles. The van der Waals surface area contributed by atoms with Crippen molar-refractivity contribution < 1.29 is 23.7 Å². The molecule has 4 rings (SSSR count). The van der Waals surface area contributed by atoms with Gasteiger partial charge in [0, 0.05) is 38.0 Å². The Morgan fingerprint density at radius 3 is 2.49 bits per heavy atom. The molecular weight excluding hydrogens is 456 g/mol. The predicted molar refractivity (Wildman–Crippen MR) is 130 cm³/mol. The zero-order valence-corrected chi connectivity index (χ0v) is 20.3. The summed E-state index contributed by atoms with van der Waals surface area (Å²) in [5, 5.41) is 23.9. The van der Waals surface area contributed by atoms with Crippen molar-refractivity contribution in [3.05, 3.63) is 47.8 Å². The van der Waals surface area contributed by atoms with Crippen molar-refractivity contribution in [1.82, 2.24) is 15.0 Å². The maximum Gasteiger partial charge on any atom is 0.172 e. The van der Waals surface area contributed by atoms with Gasteiger partial charge in [-0.3, -0.25) is 4.98 Å². The van der Waals surface area contributed by atoms with Gasteiger partial charge in [-0.05, 0) is 45.9 Å². The van der Waals surface area contributed by atoms with Crippen LogP contribution in [-0.2, 0) is 0 Å². The average Bonchev–Trinajstić information content (AvgIpc) is 2.80. The van der Waals surface area contributed by atoms with E-state index in [1.165, 1.54) is 20.0 Å². The molecule has 2 aromatic heterocycles. The Bertz CT molecular complexity index is 1190. The molecule has 35 heavy (non-hydrogen) atoms. The minimum Gasteiger partial charge on any atom is -0.487 e. The van der Waals surface area contributed by atoms with Crippen molar-refractivity contribution in [3.8, 4) is 5.75 Å². The lowest BCUT2D eigenvalue weighted by atomic mass is 9.98. The molecule has 1 fully saturated rings. The summed E-state index contributed by atoms with van der Waals surface area (Å²) in [7, 11) is 0. The zero-order chi connectivity index (χ0) is 25.3. The number of aromatic nitrogens is 3. The summed E-state index contributed by atoms with van der Waals surface area (Å²) in [4.78, 5) is 15.9. The summed E-state index contributed by atoms with van der Waals surface area (Å²) in [6, 6.07) is 4.93. The molecule has 3 N–H and O–H groups in total. The van der Waals surface area contributed by atoms with E-state index in [1.54, 1.807) is 6.07 Å². The number of hydrogen-bond acceptors (Lipinski definition) is 8. The molecule has 8 nitrogen and oxygen atoms in total. The van der Waals surface area contributed by atoms with Crippen molar-refractivity contribution >= 4 is 22.7 Å². The highest BCUT2D eigenvalue weighted by atomic mass is 19.1. The molecule has 0 radical (unpaired) electrons. The first-order chi connectivity index (χ1) is 16.5. The highest BCUT2D eigenvalue weighted by Gasteiger charge is 2.29. The van der Waals surface area contributed by atoms with Crippen LogP contribution in [0.3, 0.4) is 0 Å². The summed E-state index contributed by atoms with van der Waals surface area (Å²) in [6.07, 6.45) is 1.33. The lowest BCUT2D eigenvalue weighted by Gasteiger charge is -2.34. The van der Waals surface area contributed by atoms with Gasteiger partial charge in [0.1, 0.15) is 23.5 Å². The van der Waals surface area contributed by atoms with Gasteiger partial charge in [0.25, 0.3) is 0 Å². The second-order valence-corrected chi connectivity index (χ2v) is 9.73. The van der Waals surface area contributed by atoms with E-state index in [9.17, 15) is 19.0 Å². The van der Waals surface area contributed by atoms with E-state index in [2.05, 4.69) is 15.2 Å². The number of pyridine rings is 1. The van der Waals surface area contributed by atoms with E-state index in [-0.39, 0.29) is 17.9 Å². The van der Waals surface area contributed by atoms with Gasteiger partial charge in [-0.25, -0.2) is 18.7 Å². The highest BCUT2D eigenvalue weighted by molar-refractivity contribution is 5.80. The van der Waals surface area contributed by atoms with E-state index in [0.29, 0.717) is 54.3 Å². The molecule has 1 atom stereocenters. The highest BCUT2D eigenvalue weighted by Crippen LogP contribution is 2.31. The fourth-order valence-electron chi connectivity index (χ4n) is 4.00. The normalized spacial score (nSPS) is 16.1. The Morgan fingerprint density at radius 2 is 1.83 bits per heavy atom. The van der Waals surface area contributed by atoms with Crippen LogP contribution in [0.5, 0.6) is 5.75 Å². The number of nitrogens with one attached hydrogen (secondary N) is 1. The van der Waals surface area contributed by atoms with Gasteiger partial charge in [0.05, 0.1) is 23.0 Å². The van der Waals surface area contributed by atoms with Crippen LogP contribution < -0.4 is 15.0 Å². The third-order valence-electron chi connectivity index (χ3n) is 5.86. The first-order valence-corrected chi connectivity index (χ1v) is 11.7. The van der Waals surface area contributed by atoms with Crippen LogP contribution in [0.15, 0.2) is 30.5 Å². The molecule has 10 heteroatoms. The van der Waals surface area contributed by atoms with Crippen LogP contribution in [0, 0.1) is 11.6 Å². The van der Waals surface area contributed by atoms with E-state index < -0.39 is 23.3 Å². The lowest BCUT2D eigenvalue weighted by Crippen LogP contribution is -2.39. The molecule has 0 spiro atoms. The van der Waals surface area contributed by atoms with Crippen molar-refractivity contribution in [2.24, 2.45) is 0 Å². The fourth-order valence-corrected chi connectivity index (χ4v) is 4.00. The number of ether oxygens (including phenoxy) is 1. The summed E-state index contributed by atoms with van der Waals surface area (Å²) >= 11 is 0. The summed E-state index contributed by atoms with van der Waals surface area (Å²) in [5.74, 6) is 0.0593. The van der Waals surface area contributed by atoms with E-state index in [4.69, 9.17) is 14.7 Å². The SMILES string of the molecule is CC(C)Nc1nc2cc(C(O)C(C)(C)O)ncc2nc1N1CCC(Oc2cc(F)ccc2F)CC1. The van der Waals surface area contributed by atoms with Crippen molar-refractivity contribution in [1.29, 1.82) is 0 Å². The fraction of sp³-hybridized carbons (Fsp3) is 0.480. The average molecular weight is 488 g/mol. The smallest absolute Gasteiger partial charge is 0.172 e. The number of anilines is 2. The van der Waals surface area contributed by atoms with E-state index in [0.717, 1.165) is 18.2 Å². The van der Waals surface area contributed by atoms with Crippen LogP contribution in [0.25, 0.3) is 11.0 Å². The van der Waals surface area contributed by atoms with Crippen LogP contribution in [0.2, 0.25) is 0 Å². The molecule has 3 heterocycles. The largest absolute Gasteiger partial charge is 0.487 e. The number of benzene rings is 1. The number of nitrogens with zero attached hydrogens (tertiary/aromatic N) is 4. The maximum atomic E-state index is 14.0. The summed E-state index contributed by atoms with van der Waals surface area (Å²) in [5.41, 5.74) is 0.0600. The number of hydrogen-bond donors (Lipinski definition) is 3. The van der Waals surface area contributed by atoms with Gasteiger partial charge in [-0.15, -0.1) is 0 Å². The molecule has 0 saturated carbocycles. The van der Waals surface area contributed by atoms with E-state index in [1.807, 2.05) is 13.8 Å². The summed E-state index contributed by atoms with van der Waals surface area (Å²) in [6.45, 7) is 8.22. The number of fused-ring (bicyclic) bond motifs is 1. The molecule has 0 aliphatic carbocycles. The maximum absolute atomic E-state index is 14.0. The Morgan fingerprint density at radius 1 is 1.11 bits per heavy atom. The Labute approximate surface area is 203 Å². The molecular formula is C25H31F2N5O3. The molecule has 188 valence electrons. The number of rotatable bonds is 7. The van der Waals surface area contributed by atoms with Crippen molar-refractivity contribution in [2.75, 3.05) is 23.3 Å². The second kappa shape index (κ2) is 9.87. The van der Waals surface area contributed by atoms with Crippen LogP contribution in [-0.4, -0.2) is 56.0 Å². The third-order valence-corrected chi connectivity index (χ3v) is 5.86. The molecule has 1 aromatic carbocycles. The lowest BCUT2D eigenvalue weighted by molar-refractivity contribution is -0.0516. The first-order valence-electron chi connectivity index (χ1n) is 11.7. The Kier molecular flexibility index (Phi) is 7.05. The Balaban J connectivity index is 1.56. The first kappa shape index (κ1) is 25.0. The van der Waals surface area contributed by atoms with Gasteiger partial charge in [-0.2, -0.15) is 0 Å². The predicted octanol–water partition coefficient (Wildman–Crippen LogP) is 3.98. The second-order valence-electron chi connectivity index (χ2n) is 9.73. The summed E-state index contributed by atoms with van der Waals surface area (Å²) < 4.78 is 33.2. The number of aliphatic hydroxyl groups excluding tert-OH is 1. The van der Waals surface area contributed by atoms with Gasteiger partial charge in [0.2, 0.25) is 0 Å². The zero-order valence-electron chi connectivity index (χ0n) is 20.3. The molecule has 0 bridgehead atoms. The topological polar surface area (TPSA) is 104 Å². The molecule has 1 unspecified atom stereocenters. The quantitative estimate of drug-likeness (QED) is 0.460. The number of halogens is 2. The van der Waals surface area contributed by atoms with E-state index >= 15 is 0 Å². The molecule has 0 amide bonds. The third kappa shape index (κ3) is 5.76. The minimum atomic E-state index is -1.35. The Hall–Kier alpha value is -3.11. The molecule has 1 aliphatic rings. The monoisotopic (exact) mass is 487 g/mol. The van der Waals surface area contributed by atoms with Gasteiger partial charge < -0.3 is 25.2 Å². The minimum absolute atomic E-state index is 0.0776. The van der Waals surface area contributed by atoms with Crippen LogP contribution in [0.4, 0.5) is 20.4 Å². The number of piperidine rings is 1. The van der Waals surface area contributed by atoms with Gasteiger partial charge >= 0.3 is 0 Å².